The molecule has 0 bridgehead atoms. The van der Waals surface area contributed by atoms with Crippen LogP contribution in [-0.4, -0.2) is 37.4 Å². The van der Waals surface area contributed by atoms with E-state index in [2.05, 4.69) is 25.8 Å². The van der Waals surface area contributed by atoms with E-state index in [0.29, 0.717) is 30.8 Å². The van der Waals surface area contributed by atoms with Crippen molar-refractivity contribution in [3.63, 3.8) is 0 Å². The Morgan fingerprint density at radius 2 is 2.00 bits per heavy atom. The molecule has 0 amide bonds. The fourth-order valence-corrected chi connectivity index (χ4v) is 1.97. The molecule has 1 aromatic carbocycles. The first-order valence-corrected chi connectivity index (χ1v) is 7.11. The fraction of sp³-hybridized carbons (Fsp3) is 0.400. The topological polar surface area (TPSA) is 93.8 Å². The highest BCUT2D eigenvalue weighted by Gasteiger charge is 2.07. The SMILES string of the molecule is CN=C(NCc1noc(C)n1)NCc1ccc(OC)cc1OC. The van der Waals surface area contributed by atoms with Crippen LogP contribution in [0.5, 0.6) is 11.5 Å². The molecule has 124 valence electrons. The molecule has 0 spiro atoms. The number of nitrogens with one attached hydrogen (secondary N) is 2. The van der Waals surface area contributed by atoms with Crippen molar-refractivity contribution in [2.45, 2.75) is 20.0 Å². The lowest BCUT2D eigenvalue weighted by atomic mass is 10.2. The Hall–Kier alpha value is -2.77. The van der Waals surface area contributed by atoms with Crippen molar-refractivity contribution >= 4 is 5.96 Å². The largest absolute Gasteiger partial charge is 0.497 e. The van der Waals surface area contributed by atoms with Gasteiger partial charge in [0.05, 0.1) is 20.8 Å². The number of hydrogen-bond donors (Lipinski definition) is 2. The highest BCUT2D eigenvalue weighted by Crippen LogP contribution is 2.24. The lowest BCUT2D eigenvalue weighted by molar-refractivity contribution is 0.386. The number of aryl methyl sites for hydroxylation is 1. The molecule has 0 saturated heterocycles. The van der Waals surface area contributed by atoms with Crippen LogP contribution in [0.3, 0.4) is 0 Å². The molecular formula is C15H21N5O3. The third kappa shape index (κ3) is 4.60. The molecule has 2 aromatic rings. The number of benzene rings is 1. The summed E-state index contributed by atoms with van der Waals surface area (Å²) in [5, 5.41) is 10.1. The standard InChI is InChI=1S/C15H21N5O3/c1-10-19-14(20-23-10)9-18-15(16-2)17-8-11-5-6-12(21-3)7-13(11)22-4/h5-7H,8-9H2,1-4H3,(H2,16,17,18). The molecule has 1 aromatic heterocycles. The van der Waals surface area contributed by atoms with E-state index >= 15 is 0 Å². The number of aromatic nitrogens is 2. The predicted molar refractivity (Wildman–Crippen MR) is 85.6 cm³/mol. The highest BCUT2D eigenvalue weighted by atomic mass is 16.5. The maximum Gasteiger partial charge on any atom is 0.223 e. The van der Waals surface area contributed by atoms with Gasteiger partial charge in [-0.25, -0.2) is 0 Å². The van der Waals surface area contributed by atoms with Crippen LogP contribution in [0.25, 0.3) is 0 Å². The van der Waals surface area contributed by atoms with Crippen LogP contribution >= 0.6 is 0 Å². The molecule has 0 unspecified atom stereocenters. The van der Waals surface area contributed by atoms with Crippen molar-refractivity contribution in [3.05, 3.63) is 35.5 Å². The lowest BCUT2D eigenvalue weighted by Gasteiger charge is -2.13. The van der Waals surface area contributed by atoms with Crippen LogP contribution in [0.4, 0.5) is 0 Å². The zero-order chi connectivity index (χ0) is 16.7. The van der Waals surface area contributed by atoms with Gasteiger partial charge in [0.2, 0.25) is 5.89 Å². The van der Waals surface area contributed by atoms with Crippen LogP contribution in [0.15, 0.2) is 27.7 Å². The van der Waals surface area contributed by atoms with Crippen molar-refractivity contribution in [2.24, 2.45) is 4.99 Å². The van der Waals surface area contributed by atoms with E-state index in [1.54, 1.807) is 28.2 Å². The second-order valence-electron chi connectivity index (χ2n) is 4.69. The first-order valence-electron chi connectivity index (χ1n) is 7.11. The van der Waals surface area contributed by atoms with E-state index in [1.165, 1.54) is 0 Å². The van der Waals surface area contributed by atoms with E-state index in [-0.39, 0.29) is 0 Å². The molecular weight excluding hydrogens is 298 g/mol. The summed E-state index contributed by atoms with van der Waals surface area (Å²) in [6, 6.07) is 5.67. The van der Waals surface area contributed by atoms with Gasteiger partial charge in [-0.05, 0) is 12.1 Å². The summed E-state index contributed by atoms with van der Waals surface area (Å²) in [5.41, 5.74) is 0.992. The summed E-state index contributed by atoms with van der Waals surface area (Å²) in [4.78, 5) is 8.28. The highest BCUT2D eigenvalue weighted by molar-refractivity contribution is 5.79. The Labute approximate surface area is 134 Å². The van der Waals surface area contributed by atoms with Gasteiger partial charge in [0, 0.05) is 32.1 Å². The minimum Gasteiger partial charge on any atom is -0.497 e. The Morgan fingerprint density at radius 3 is 2.61 bits per heavy atom. The summed E-state index contributed by atoms with van der Waals surface area (Å²) in [6.45, 7) is 2.73. The van der Waals surface area contributed by atoms with E-state index < -0.39 is 0 Å². The Bertz CT molecular complexity index is 669. The van der Waals surface area contributed by atoms with Gasteiger partial charge in [0.15, 0.2) is 11.8 Å². The molecule has 0 aliphatic carbocycles. The maximum atomic E-state index is 5.37. The van der Waals surface area contributed by atoms with Gasteiger partial charge in [-0.3, -0.25) is 4.99 Å². The summed E-state index contributed by atoms with van der Waals surface area (Å²) in [6.07, 6.45) is 0. The number of nitrogens with zero attached hydrogens (tertiary/aromatic N) is 3. The minimum atomic E-state index is 0.427. The maximum absolute atomic E-state index is 5.37. The van der Waals surface area contributed by atoms with Crippen LogP contribution in [0.2, 0.25) is 0 Å². The molecule has 0 radical (unpaired) electrons. The first-order chi connectivity index (χ1) is 11.2. The third-order valence-corrected chi connectivity index (χ3v) is 3.15. The van der Waals surface area contributed by atoms with Crippen LogP contribution in [0.1, 0.15) is 17.3 Å². The first kappa shape index (κ1) is 16.6. The van der Waals surface area contributed by atoms with Crippen LogP contribution in [0, 0.1) is 6.92 Å². The van der Waals surface area contributed by atoms with Crippen molar-refractivity contribution in [1.82, 2.24) is 20.8 Å². The predicted octanol–water partition coefficient (Wildman–Crippen LogP) is 1.26. The van der Waals surface area contributed by atoms with Crippen molar-refractivity contribution in [1.29, 1.82) is 0 Å². The molecule has 0 fully saturated rings. The summed E-state index contributed by atoms with van der Waals surface area (Å²) in [7, 11) is 4.95. The zero-order valence-electron chi connectivity index (χ0n) is 13.7. The van der Waals surface area contributed by atoms with E-state index in [4.69, 9.17) is 14.0 Å². The molecule has 0 aliphatic rings. The fourth-order valence-electron chi connectivity index (χ4n) is 1.97. The van der Waals surface area contributed by atoms with Crippen molar-refractivity contribution in [2.75, 3.05) is 21.3 Å². The molecule has 0 aliphatic heterocycles. The third-order valence-electron chi connectivity index (χ3n) is 3.15. The van der Waals surface area contributed by atoms with Gasteiger partial charge >= 0.3 is 0 Å². The van der Waals surface area contributed by atoms with E-state index in [0.717, 1.165) is 17.1 Å². The number of hydrogen-bond acceptors (Lipinski definition) is 6. The monoisotopic (exact) mass is 319 g/mol. The number of ether oxygens (including phenoxy) is 2. The lowest BCUT2D eigenvalue weighted by Crippen LogP contribution is -2.36. The molecule has 2 N–H and O–H groups in total. The summed E-state index contributed by atoms with van der Waals surface area (Å²) in [5.74, 6) is 3.24. The Morgan fingerprint density at radius 1 is 1.22 bits per heavy atom. The zero-order valence-corrected chi connectivity index (χ0v) is 13.7. The van der Waals surface area contributed by atoms with Crippen molar-refractivity contribution in [3.8, 4) is 11.5 Å². The quantitative estimate of drug-likeness (QED) is 0.611. The van der Waals surface area contributed by atoms with Gasteiger partial charge < -0.3 is 24.6 Å². The minimum absolute atomic E-state index is 0.427. The van der Waals surface area contributed by atoms with E-state index in [9.17, 15) is 0 Å². The molecule has 0 saturated carbocycles. The van der Waals surface area contributed by atoms with Gasteiger partial charge in [-0.2, -0.15) is 4.98 Å². The number of rotatable bonds is 6. The Balaban J connectivity index is 1.92. The number of guanidine groups is 1. The van der Waals surface area contributed by atoms with Gasteiger partial charge in [-0.15, -0.1) is 0 Å². The van der Waals surface area contributed by atoms with Gasteiger partial charge in [-0.1, -0.05) is 5.16 Å². The van der Waals surface area contributed by atoms with Crippen LogP contribution in [-0.2, 0) is 13.1 Å². The van der Waals surface area contributed by atoms with Crippen LogP contribution < -0.4 is 20.1 Å². The molecule has 2 rings (SSSR count). The average Bonchev–Trinajstić information content (AvgIpc) is 3.00. The molecule has 23 heavy (non-hydrogen) atoms. The smallest absolute Gasteiger partial charge is 0.223 e. The van der Waals surface area contributed by atoms with Crippen molar-refractivity contribution < 1.29 is 14.0 Å². The molecule has 8 nitrogen and oxygen atoms in total. The second-order valence-corrected chi connectivity index (χ2v) is 4.69. The normalized spacial score (nSPS) is 11.2. The molecule has 8 heteroatoms. The number of methoxy groups -OCH3 is 2. The number of aliphatic imine (C=N–C) groups is 1. The molecule has 0 atom stereocenters. The van der Waals surface area contributed by atoms with E-state index in [1.807, 2.05) is 18.2 Å². The summed E-state index contributed by atoms with van der Waals surface area (Å²) < 4.78 is 15.5. The second kappa shape index (κ2) is 8.02. The molecule has 1 heterocycles. The van der Waals surface area contributed by atoms with Gasteiger partial charge in [0.1, 0.15) is 11.5 Å². The summed E-state index contributed by atoms with van der Waals surface area (Å²) >= 11 is 0. The Kier molecular flexibility index (Phi) is 5.79. The van der Waals surface area contributed by atoms with Gasteiger partial charge in [0.25, 0.3) is 0 Å². The average molecular weight is 319 g/mol.